The Hall–Kier alpha value is -1.22. The van der Waals surface area contributed by atoms with E-state index < -0.39 is 0 Å². The molecule has 0 heterocycles. The van der Waals surface area contributed by atoms with Crippen molar-refractivity contribution in [1.29, 1.82) is 0 Å². The van der Waals surface area contributed by atoms with Crippen LogP contribution in [0.3, 0.4) is 0 Å². The zero-order chi connectivity index (χ0) is 12.7. The molecule has 0 aromatic heterocycles. The van der Waals surface area contributed by atoms with Crippen LogP contribution in [0, 0.1) is 0 Å². The van der Waals surface area contributed by atoms with Gasteiger partial charge in [-0.15, -0.1) is 0 Å². The van der Waals surface area contributed by atoms with Crippen molar-refractivity contribution in [3.8, 4) is 11.5 Å². The van der Waals surface area contributed by atoms with Gasteiger partial charge in [0.1, 0.15) is 18.1 Å². The molecule has 1 rings (SSSR count). The molecule has 0 aliphatic rings. The van der Waals surface area contributed by atoms with Crippen LogP contribution in [-0.2, 0) is 4.74 Å². The summed E-state index contributed by atoms with van der Waals surface area (Å²) in [4.78, 5) is 0. The normalized spacial score (nSPS) is 12.5. The Labute approximate surface area is 104 Å². The van der Waals surface area contributed by atoms with E-state index in [-0.39, 0.29) is 12.2 Å². The minimum absolute atomic E-state index is 0.140. The lowest BCUT2D eigenvalue weighted by Crippen LogP contribution is -2.24. The van der Waals surface area contributed by atoms with Crippen molar-refractivity contribution < 1.29 is 14.2 Å². The van der Waals surface area contributed by atoms with Crippen molar-refractivity contribution in [3.63, 3.8) is 0 Å². The van der Waals surface area contributed by atoms with Gasteiger partial charge in [-0.25, -0.2) is 0 Å². The van der Waals surface area contributed by atoms with Crippen LogP contribution in [0.15, 0.2) is 24.3 Å². The number of rotatable bonds is 7. The van der Waals surface area contributed by atoms with E-state index >= 15 is 0 Å². The lowest BCUT2D eigenvalue weighted by atomic mass is 10.3. The van der Waals surface area contributed by atoms with Gasteiger partial charge in [-0.3, -0.25) is 0 Å². The number of methoxy groups -OCH3 is 1. The van der Waals surface area contributed by atoms with Crippen molar-refractivity contribution >= 4 is 0 Å². The van der Waals surface area contributed by atoms with E-state index in [1.165, 1.54) is 0 Å². The Bertz CT molecular complexity index is 323. The summed E-state index contributed by atoms with van der Waals surface area (Å²) in [7, 11) is 1.65. The van der Waals surface area contributed by atoms with Gasteiger partial charge in [-0.2, -0.15) is 0 Å². The van der Waals surface area contributed by atoms with E-state index in [0.29, 0.717) is 6.61 Å². The third-order valence-electron chi connectivity index (χ3n) is 2.40. The van der Waals surface area contributed by atoms with Crippen molar-refractivity contribution in [2.75, 3.05) is 13.7 Å². The average molecular weight is 238 g/mol. The summed E-state index contributed by atoms with van der Waals surface area (Å²) in [6, 6.07) is 7.61. The topological polar surface area (TPSA) is 27.7 Å². The van der Waals surface area contributed by atoms with E-state index in [0.717, 1.165) is 17.9 Å². The lowest BCUT2D eigenvalue weighted by molar-refractivity contribution is -0.0188. The van der Waals surface area contributed by atoms with Gasteiger partial charge in [0.15, 0.2) is 0 Å². The first-order valence-corrected chi connectivity index (χ1v) is 6.08. The molecular weight excluding hydrogens is 216 g/mol. The molecule has 0 aliphatic heterocycles. The van der Waals surface area contributed by atoms with E-state index in [2.05, 4.69) is 6.92 Å². The minimum Gasteiger partial charge on any atom is -0.497 e. The molecule has 3 heteroatoms. The highest BCUT2D eigenvalue weighted by Gasteiger charge is 2.09. The molecule has 1 aromatic rings. The quantitative estimate of drug-likeness (QED) is 0.729. The fourth-order valence-corrected chi connectivity index (χ4v) is 1.52. The van der Waals surface area contributed by atoms with E-state index in [1.807, 2.05) is 38.1 Å². The smallest absolute Gasteiger partial charge is 0.123 e. The van der Waals surface area contributed by atoms with Crippen LogP contribution in [0.5, 0.6) is 11.5 Å². The summed E-state index contributed by atoms with van der Waals surface area (Å²) >= 11 is 0. The molecule has 96 valence electrons. The molecule has 0 fully saturated rings. The molecule has 0 spiro atoms. The van der Waals surface area contributed by atoms with Gasteiger partial charge >= 0.3 is 0 Å². The second kappa shape index (κ2) is 7.17. The summed E-state index contributed by atoms with van der Waals surface area (Å²) in [6.07, 6.45) is 1.32. The van der Waals surface area contributed by atoms with Gasteiger partial charge in [0.25, 0.3) is 0 Å². The highest BCUT2D eigenvalue weighted by Crippen LogP contribution is 2.19. The maximum absolute atomic E-state index is 5.72. The third-order valence-corrected chi connectivity index (χ3v) is 2.40. The molecule has 0 saturated carbocycles. The number of benzene rings is 1. The second-order valence-electron chi connectivity index (χ2n) is 4.21. The summed E-state index contributed by atoms with van der Waals surface area (Å²) in [6.45, 7) is 6.74. The first-order chi connectivity index (χ1) is 8.15. The molecule has 17 heavy (non-hydrogen) atoms. The standard InChI is InChI=1S/C14H22O3/c1-5-12(17-11(2)3)10-16-14-8-6-7-13(9-14)15-4/h6-9,11-12H,5,10H2,1-4H3. The molecular formula is C14H22O3. The van der Waals surface area contributed by atoms with Crippen LogP contribution in [0.4, 0.5) is 0 Å². The largest absolute Gasteiger partial charge is 0.497 e. The molecule has 0 saturated heterocycles. The van der Waals surface area contributed by atoms with Crippen LogP contribution in [0.2, 0.25) is 0 Å². The molecule has 0 bridgehead atoms. The number of hydrogen-bond acceptors (Lipinski definition) is 3. The number of ether oxygens (including phenoxy) is 3. The highest BCUT2D eigenvalue weighted by atomic mass is 16.5. The Morgan fingerprint density at radius 2 is 1.88 bits per heavy atom. The molecule has 0 aliphatic carbocycles. The van der Waals surface area contributed by atoms with Gasteiger partial charge in [0, 0.05) is 6.07 Å². The fraction of sp³-hybridized carbons (Fsp3) is 0.571. The van der Waals surface area contributed by atoms with E-state index in [1.54, 1.807) is 7.11 Å². The Kier molecular flexibility index (Phi) is 5.84. The third kappa shape index (κ3) is 5.09. The second-order valence-corrected chi connectivity index (χ2v) is 4.21. The van der Waals surface area contributed by atoms with Gasteiger partial charge in [-0.05, 0) is 32.4 Å². The molecule has 1 aromatic carbocycles. The van der Waals surface area contributed by atoms with Gasteiger partial charge < -0.3 is 14.2 Å². The van der Waals surface area contributed by atoms with Gasteiger partial charge in [0.05, 0.1) is 19.3 Å². The van der Waals surface area contributed by atoms with Crippen LogP contribution >= 0.6 is 0 Å². The first-order valence-electron chi connectivity index (χ1n) is 6.08. The van der Waals surface area contributed by atoms with Crippen LogP contribution < -0.4 is 9.47 Å². The Balaban J connectivity index is 2.47. The maximum atomic E-state index is 5.72. The summed E-state index contributed by atoms with van der Waals surface area (Å²) in [5.41, 5.74) is 0. The fourth-order valence-electron chi connectivity index (χ4n) is 1.52. The van der Waals surface area contributed by atoms with Gasteiger partial charge in [-0.1, -0.05) is 13.0 Å². The Morgan fingerprint density at radius 1 is 1.18 bits per heavy atom. The van der Waals surface area contributed by atoms with Gasteiger partial charge in [0.2, 0.25) is 0 Å². The SMILES string of the molecule is CCC(COc1cccc(OC)c1)OC(C)C. The van der Waals surface area contributed by atoms with Crippen LogP contribution in [0.25, 0.3) is 0 Å². The number of hydrogen-bond donors (Lipinski definition) is 0. The molecule has 3 nitrogen and oxygen atoms in total. The molecule has 0 N–H and O–H groups in total. The predicted octanol–water partition coefficient (Wildman–Crippen LogP) is 3.28. The van der Waals surface area contributed by atoms with Crippen molar-refractivity contribution in [3.05, 3.63) is 24.3 Å². The zero-order valence-electron chi connectivity index (χ0n) is 11.1. The average Bonchev–Trinajstić information content (AvgIpc) is 2.34. The predicted molar refractivity (Wildman–Crippen MR) is 68.8 cm³/mol. The van der Waals surface area contributed by atoms with Crippen LogP contribution in [-0.4, -0.2) is 25.9 Å². The Morgan fingerprint density at radius 3 is 2.47 bits per heavy atom. The van der Waals surface area contributed by atoms with Crippen molar-refractivity contribution in [2.24, 2.45) is 0 Å². The monoisotopic (exact) mass is 238 g/mol. The summed E-state index contributed by atoms with van der Waals surface area (Å²) < 4.78 is 16.6. The van der Waals surface area contributed by atoms with E-state index in [4.69, 9.17) is 14.2 Å². The van der Waals surface area contributed by atoms with Crippen molar-refractivity contribution in [1.82, 2.24) is 0 Å². The summed E-state index contributed by atoms with van der Waals surface area (Å²) in [5, 5.41) is 0. The molecule has 1 atom stereocenters. The first kappa shape index (κ1) is 13.8. The molecule has 1 unspecified atom stereocenters. The minimum atomic E-state index is 0.140. The maximum Gasteiger partial charge on any atom is 0.123 e. The summed E-state index contributed by atoms with van der Waals surface area (Å²) in [5.74, 6) is 1.62. The van der Waals surface area contributed by atoms with Crippen molar-refractivity contribution in [2.45, 2.75) is 39.4 Å². The molecule has 0 amide bonds. The highest BCUT2D eigenvalue weighted by molar-refractivity contribution is 5.32. The van der Waals surface area contributed by atoms with Crippen LogP contribution in [0.1, 0.15) is 27.2 Å². The zero-order valence-corrected chi connectivity index (χ0v) is 11.1. The van der Waals surface area contributed by atoms with E-state index in [9.17, 15) is 0 Å². The molecule has 0 radical (unpaired) electrons. The lowest BCUT2D eigenvalue weighted by Gasteiger charge is -2.19.